The van der Waals surface area contributed by atoms with Gasteiger partial charge in [0.2, 0.25) is 0 Å². The highest BCUT2D eigenvalue weighted by atomic mass is 16.6. The van der Waals surface area contributed by atoms with E-state index >= 15 is 0 Å². The minimum absolute atomic E-state index is 0.0614. The minimum atomic E-state index is -0.0614. The fourth-order valence-corrected chi connectivity index (χ4v) is 1.95. The molecule has 0 aromatic heterocycles. The zero-order valence-electron chi connectivity index (χ0n) is 9.07. The smallest absolute Gasteiger partial charge is 0.184 e. The van der Waals surface area contributed by atoms with E-state index in [1.165, 1.54) is 5.39 Å². The number of rotatable bonds is 1. The van der Waals surface area contributed by atoms with Crippen molar-refractivity contribution in [1.29, 1.82) is 0 Å². The van der Waals surface area contributed by atoms with E-state index in [-0.39, 0.29) is 6.23 Å². The van der Waals surface area contributed by atoms with Crippen LogP contribution in [-0.2, 0) is 0 Å². The maximum atomic E-state index is 5.75. The Hall–Kier alpha value is -1.74. The van der Waals surface area contributed by atoms with Gasteiger partial charge in [-0.05, 0) is 18.5 Å². The Kier molecular flexibility index (Phi) is 2.18. The quantitative estimate of drug-likeness (QED) is 0.790. The second-order valence-electron chi connectivity index (χ2n) is 3.82. The number of benzene rings is 2. The van der Waals surface area contributed by atoms with Crippen LogP contribution in [0.2, 0.25) is 0 Å². The molecule has 1 atom stereocenters. The largest absolute Gasteiger partial charge is 0.484 e. The van der Waals surface area contributed by atoms with E-state index in [0.717, 1.165) is 16.9 Å². The highest BCUT2D eigenvalue weighted by Crippen LogP contribution is 2.38. The van der Waals surface area contributed by atoms with Crippen LogP contribution in [0.4, 0.5) is 0 Å². The number of ether oxygens (including phenoxy) is 2. The second-order valence-corrected chi connectivity index (χ2v) is 3.82. The van der Waals surface area contributed by atoms with E-state index in [2.05, 4.69) is 23.5 Å². The molecular weight excluding hydrogens is 202 g/mol. The first-order valence-electron chi connectivity index (χ1n) is 5.37. The van der Waals surface area contributed by atoms with Crippen molar-refractivity contribution in [3.8, 4) is 11.5 Å². The Labute approximate surface area is 94.0 Å². The summed E-state index contributed by atoms with van der Waals surface area (Å²) in [7, 11) is 1.86. The number of nitrogens with one attached hydrogen (secondary N) is 1. The Morgan fingerprint density at radius 3 is 2.94 bits per heavy atom. The summed E-state index contributed by atoms with van der Waals surface area (Å²) in [4.78, 5) is 0. The molecule has 1 N–H and O–H groups in total. The van der Waals surface area contributed by atoms with Gasteiger partial charge >= 0.3 is 0 Å². The van der Waals surface area contributed by atoms with Gasteiger partial charge in [0.05, 0.1) is 0 Å². The zero-order chi connectivity index (χ0) is 11.0. The van der Waals surface area contributed by atoms with Crippen molar-refractivity contribution in [1.82, 2.24) is 5.32 Å². The number of fused-ring (bicyclic) bond motifs is 3. The molecule has 2 aromatic rings. The minimum Gasteiger partial charge on any atom is -0.484 e. The number of hydrogen-bond acceptors (Lipinski definition) is 3. The van der Waals surface area contributed by atoms with Crippen molar-refractivity contribution in [2.45, 2.75) is 6.23 Å². The zero-order valence-corrected chi connectivity index (χ0v) is 9.07. The summed E-state index contributed by atoms with van der Waals surface area (Å²) in [6, 6.07) is 12.2. The predicted molar refractivity (Wildman–Crippen MR) is 62.9 cm³/mol. The normalized spacial score (nSPS) is 18.7. The fourth-order valence-electron chi connectivity index (χ4n) is 1.95. The molecule has 1 heterocycles. The van der Waals surface area contributed by atoms with Crippen molar-refractivity contribution >= 4 is 10.8 Å². The van der Waals surface area contributed by atoms with Gasteiger partial charge in [-0.2, -0.15) is 0 Å². The first-order chi connectivity index (χ1) is 7.88. The maximum Gasteiger partial charge on any atom is 0.184 e. The van der Waals surface area contributed by atoms with E-state index in [0.29, 0.717) is 6.61 Å². The molecule has 0 amide bonds. The summed E-state index contributed by atoms with van der Waals surface area (Å²) in [5.41, 5.74) is 0. The number of hydrogen-bond donors (Lipinski definition) is 1. The fraction of sp³-hybridized carbons (Fsp3) is 0.231. The molecule has 0 spiro atoms. The standard InChI is InChI=1S/C13H13NO2/c1-14-12-8-15-13-10-5-3-2-4-9(10)6-7-11(13)16-12/h2-7,12,14H,8H2,1H3. The van der Waals surface area contributed by atoms with Gasteiger partial charge < -0.3 is 9.47 Å². The Bertz CT molecular complexity index is 524. The van der Waals surface area contributed by atoms with Crippen LogP contribution in [-0.4, -0.2) is 19.9 Å². The lowest BCUT2D eigenvalue weighted by Crippen LogP contribution is -2.39. The van der Waals surface area contributed by atoms with E-state index in [1.54, 1.807) is 0 Å². The Balaban J connectivity index is 2.14. The molecule has 0 saturated heterocycles. The maximum absolute atomic E-state index is 5.75. The molecule has 3 rings (SSSR count). The first-order valence-corrected chi connectivity index (χ1v) is 5.37. The molecule has 1 unspecified atom stereocenters. The molecule has 1 aliphatic rings. The van der Waals surface area contributed by atoms with Gasteiger partial charge in [-0.3, -0.25) is 5.32 Å². The summed E-state index contributed by atoms with van der Waals surface area (Å²) in [6.07, 6.45) is -0.0614. The first kappa shape index (κ1) is 9.48. The van der Waals surface area contributed by atoms with Crippen LogP contribution >= 0.6 is 0 Å². The second kappa shape index (κ2) is 3.68. The topological polar surface area (TPSA) is 30.5 Å². The molecular formula is C13H13NO2. The van der Waals surface area contributed by atoms with Crippen LogP contribution in [0.3, 0.4) is 0 Å². The molecule has 0 bridgehead atoms. The van der Waals surface area contributed by atoms with Gasteiger partial charge in [0.15, 0.2) is 17.7 Å². The van der Waals surface area contributed by atoms with E-state index < -0.39 is 0 Å². The Morgan fingerprint density at radius 2 is 2.06 bits per heavy atom. The van der Waals surface area contributed by atoms with E-state index in [4.69, 9.17) is 9.47 Å². The SMILES string of the molecule is CNC1COc2c(ccc3ccccc23)O1. The summed E-state index contributed by atoms with van der Waals surface area (Å²) < 4.78 is 11.5. The van der Waals surface area contributed by atoms with Gasteiger partial charge in [0.1, 0.15) is 6.61 Å². The van der Waals surface area contributed by atoms with Crippen molar-refractivity contribution in [2.75, 3.05) is 13.7 Å². The van der Waals surface area contributed by atoms with E-state index in [9.17, 15) is 0 Å². The highest BCUT2D eigenvalue weighted by molar-refractivity contribution is 5.90. The number of likely N-dealkylation sites (N-methyl/N-ethyl adjacent to an activating group) is 1. The molecule has 0 fully saturated rings. The molecule has 3 heteroatoms. The monoisotopic (exact) mass is 215 g/mol. The molecule has 2 aromatic carbocycles. The molecule has 0 saturated carbocycles. The lowest BCUT2D eigenvalue weighted by molar-refractivity contribution is 0.0741. The average molecular weight is 215 g/mol. The predicted octanol–water partition coefficient (Wildman–Crippen LogP) is 2.16. The van der Waals surface area contributed by atoms with Gasteiger partial charge in [-0.25, -0.2) is 0 Å². The van der Waals surface area contributed by atoms with Crippen molar-refractivity contribution in [2.24, 2.45) is 0 Å². The molecule has 1 aliphatic heterocycles. The van der Waals surface area contributed by atoms with Gasteiger partial charge in [-0.15, -0.1) is 0 Å². The molecule has 16 heavy (non-hydrogen) atoms. The van der Waals surface area contributed by atoms with Crippen LogP contribution in [0.1, 0.15) is 0 Å². The van der Waals surface area contributed by atoms with Crippen LogP contribution in [0.25, 0.3) is 10.8 Å². The molecule has 3 nitrogen and oxygen atoms in total. The third-order valence-corrected chi connectivity index (χ3v) is 2.81. The van der Waals surface area contributed by atoms with E-state index in [1.807, 2.05) is 25.2 Å². The van der Waals surface area contributed by atoms with Gasteiger partial charge in [0, 0.05) is 5.39 Å². The average Bonchev–Trinajstić information content (AvgIpc) is 2.38. The van der Waals surface area contributed by atoms with Crippen LogP contribution in [0.15, 0.2) is 36.4 Å². The lowest BCUT2D eigenvalue weighted by Gasteiger charge is -2.26. The third-order valence-electron chi connectivity index (χ3n) is 2.81. The molecule has 82 valence electrons. The summed E-state index contributed by atoms with van der Waals surface area (Å²) in [5.74, 6) is 1.66. The van der Waals surface area contributed by atoms with Crippen molar-refractivity contribution < 1.29 is 9.47 Å². The van der Waals surface area contributed by atoms with Crippen molar-refractivity contribution in [3.05, 3.63) is 36.4 Å². The summed E-state index contributed by atoms with van der Waals surface area (Å²) in [5, 5.41) is 5.33. The third kappa shape index (κ3) is 1.41. The van der Waals surface area contributed by atoms with Crippen molar-refractivity contribution in [3.63, 3.8) is 0 Å². The van der Waals surface area contributed by atoms with Crippen LogP contribution < -0.4 is 14.8 Å². The van der Waals surface area contributed by atoms with Gasteiger partial charge in [0.25, 0.3) is 0 Å². The summed E-state index contributed by atoms with van der Waals surface area (Å²) >= 11 is 0. The van der Waals surface area contributed by atoms with Crippen LogP contribution in [0.5, 0.6) is 11.5 Å². The summed E-state index contributed by atoms with van der Waals surface area (Å²) in [6.45, 7) is 0.539. The van der Waals surface area contributed by atoms with Gasteiger partial charge in [-0.1, -0.05) is 30.3 Å². The lowest BCUT2D eigenvalue weighted by atomic mass is 10.1. The van der Waals surface area contributed by atoms with Crippen LogP contribution in [0, 0.1) is 0 Å². The highest BCUT2D eigenvalue weighted by Gasteiger charge is 2.20. The Morgan fingerprint density at radius 1 is 1.19 bits per heavy atom. The molecule has 0 aliphatic carbocycles. The molecule has 0 radical (unpaired) electrons.